The summed E-state index contributed by atoms with van der Waals surface area (Å²) in [6.07, 6.45) is 4.63. The van der Waals surface area contributed by atoms with Crippen LogP contribution >= 0.6 is 0 Å². The van der Waals surface area contributed by atoms with Gasteiger partial charge < -0.3 is 4.90 Å². The zero-order valence-electron chi connectivity index (χ0n) is 9.60. The van der Waals surface area contributed by atoms with Gasteiger partial charge in [0.15, 0.2) is 6.29 Å². The minimum atomic E-state index is 0.514. The molecule has 0 atom stereocenters. The fraction of sp³-hybridized carbons (Fsp3) is 0.500. The van der Waals surface area contributed by atoms with Crippen molar-refractivity contribution in [2.24, 2.45) is 0 Å². The Hall–Kier alpha value is -1.38. The molecule has 1 heterocycles. The van der Waals surface area contributed by atoms with Gasteiger partial charge in [-0.25, -0.2) is 4.98 Å². The van der Waals surface area contributed by atoms with Crippen LogP contribution < -0.4 is 4.90 Å². The minimum absolute atomic E-state index is 0.514. The molecule has 0 unspecified atom stereocenters. The van der Waals surface area contributed by atoms with Crippen LogP contribution in [0.25, 0.3) is 0 Å². The molecule has 0 N–H and O–H groups in total. The summed E-state index contributed by atoms with van der Waals surface area (Å²) in [5.41, 5.74) is 0.622. The molecule has 0 amide bonds. The van der Waals surface area contributed by atoms with Gasteiger partial charge >= 0.3 is 0 Å². The van der Waals surface area contributed by atoms with E-state index < -0.39 is 0 Å². The Morgan fingerprint density at radius 1 is 1.40 bits per heavy atom. The Labute approximate surface area is 91.1 Å². The molecule has 0 saturated carbocycles. The first-order chi connectivity index (χ1) is 7.22. The average molecular weight is 206 g/mol. The molecule has 0 saturated heterocycles. The molecule has 3 nitrogen and oxygen atoms in total. The highest BCUT2D eigenvalue weighted by Gasteiger charge is 2.11. The Bertz CT molecular complexity index is 304. The molecule has 0 fully saturated rings. The SMILES string of the molecule is CCC(CC)N(C)c1ccc(C=O)cn1. The molecular weight excluding hydrogens is 188 g/mol. The van der Waals surface area contributed by atoms with E-state index in [4.69, 9.17) is 0 Å². The van der Waals surface area contributed by atoms with E-state index in [1.165, 1.54) is 0 Å². The second-order valence-corrected chi connectivity index (χ2v) is 3.65. The van der Waals surface area contributed by atoms with Crippen LogP contribution in [0.3, 0.4) is 0 Å². The van der Waals surface area contributed by atoms with Crippen molar-refractivity contribution in [3.05, 3.63) is 23.9 Å². The molecular formula is C12H18N2O. The molecule has 0 aliphatic heterocycles. The van der Waals surface area contributed by atoms with Crippen molar-refractivity contribution in [2.45, 2.75) is 32.7 Å². The number of hydrogen-bond donors (Lipinski definition) is 0. The number of anilines is 1. The van der Waals surface area contributed by atoms with Gasteiger partial charge in [0.05, 0.1) is 0 Å². The topological polar surface area (TPSA) is 33.2 Å². The minimum Gasteiger partial charge on any atom is -0.357 e. The Kier molecular flexibility index (Phi) is 4.28. The third kappa shape index (κ3) is 2.78. The number of carbonyl (C=O) groups excluding carboxylic acids is 1. The summed E-state index contributed by atoms with van der Waals surface area (Å²) in [5, 5.41) is 0. The number of carbonyl (C=O) groups is 1. The monoisotopic (exact) mass is 206 g/mol. The maximum absolute atomic E-state index is 10.5. The zero-order valence-corrected chi connectivity index (χ0v) is 9.60. The summed E-state index contributed by atoms with van der Waals surface area (Å²) in [7, 11) is 2.04. The average Bonchev–Trinajstić information content (AvgIpc) is 2.30. The van der Waals surface area contributed by atoms with Gasteiger partial charge in [0, 0.05) is 24.8 Å². The number of aromatic nitrogens is 1. The van der Waals surface area contributed by atoms with Gasteiger partial charge in [-0.2, -0.15) is 0 Å². The van der Waals surface area contributed by atoms with E-state index in [2.05, 4.69) is 23.7 Å². The molecule has 0 radical (unpaired) electrons. The lowest BCUT2D eigenvalue weighted by atomic mass is 10.1. The van der Waals surface area contributed by atoms with Crippen LogP contribution in [0.5, 0.6) is 0 Å². The molecule has 0 bridgehead atoms. The fourth-order valence-electron chi connectivity index (χ4n) is 1.70. The van der Waals surface area contributed by atoms with Crippen LogP contribution in [0.2, 0.25) is 0 Å². The smallest absolute Gasteiger partial charge is 0.151 e. The second-order valence-electron chi connectivity index (χ2n) is 3.65. The summed E-state index contributed by atoms with van der Waals surface area (Å²) in [6, 6.07) is 4.20. The van der Waals surface area contributed by atoms with Gasteiger partial charge in [-0.3, -0.25) is 4.79 Å². The van der Waals surface area contributed by atoms with Crippen LogP contribution in [0, 0.1) is 0 Å². The van der Waals surface area contributed by atoms with Crippen LogP contribution in [-0.4, -0.2) is 24.4 Å². The summed E-state index contributed by atoms with van der Waals surface area (Å²) in [5.74, 6) is 0.925. The van der Waals surface area contributed by atoms with E-state index in [9.17, 15) is 4.79 Å². The highest BCUT2D eigenvalue weighted by Crippen LogP contribution is 2.15. The fourth-order valence-corrected chi connectivity index (χ4v) is 1.70. The molecule has 1 aromatic rings. The van der Waals surface area contributed by atoms with Crippen molar-refractivity contribution in [1.82, 2.24) is 4.98 Å². The van der Waals surface area contributed by atoms with Crippen LogP contribution in [-0.2, 0) is 0 Å². The normalized spacial score (nSPS) is 10.4. The molecule has 1 rings (SSSR count). The number of pyridine rings is 1. The predicted octanol–water partition coefficient (Wildman–Crippen LogP) is 2.52. The van der Waals surface area contributed by atoms with Crippen molar-refractivity contribution in [2.75, 3.05) is 11.9 Å². The van der Waals surface area contributed by atoms with Crippen molar-refractivity contribution < 1.29 is 4.79 Å². The summed E-state index contributed by atoms with van der Waals surface area (Å²) in [4.78, 5) is 16.9. The standard InChI is InChI=1S/C12H18N2O/c1-4-11(5-2)14(3)12-7-6-10(9-15)8-13-12/h6-9,11H,4-5H2,1-3H3. The van der Waals surface area contributed by atoms with E-state index in [0.29, 0.717) is 11.6 Å². The van der Waals surface area contributed by atoms with Gasteiger partial charge in [0.1, 0.15) is 5.82 Å². The lowest BCUT2D eigenvalue weighted by Gasteiger charge is -2.27. The largest absolute Gasteiger partial charge is 0.357 e. The highest BCUT2D eigenvalue weighted by molar-refractivity contribution is 5.74. The molecule has 0 aromatic carbocycles. The van der Waals surface area contributed by atoms with Crippen LogP contribution in [0.15, 0.2) is 18.3 Å². The molecule has 0 aliphatic carbocycles. The number of rotatable bonds is 5. The molecule has 1 aromatic heterocycles. The Balaban J connectivity index is 2.81. The number of hydrogen-bond acceptors (Lipinski definition) is 3. The first-order valence-corrected chi connectivity index (χ1v) is 5.37. The Morgan fingerprint density at radius 2 is 2.07 bits per heavy atom. The predicted molar refractivity (Wildman–Crippen MR) is 62.4 cm³/mol. The maximum Gasteiger partial charge on any atom is 0.151 e. The summed E-state index contributed by atoms with van der Waals surface area (Å²) < 4.78 is 0. The highest BCUT2D eigenvalue weighted by atomic mass is 16.1. The van der Waals surface area contributed by atoms with Gasteiger partial charge in [-0.05, 0) is 25.0 Å². The van der Waals surface area contributed by atoms with Crippen molar-refractivity contribution in [1.29, 1.82) is 0 Å². The summed E-state index contributed by atoms with van der Waals surface area (Å²) >= 11 is 0. The quantitative estimate of drug-likeness (QED) is 0.694. The molecule has 82 valence electrons. The lowest BCUT2D eigenvalue weighted by Crippen LogP contribution is -2.30. The molecule has 0 aliphatic rings. The van der Waals surface area contributed by atoms with E-state index in [1.54, 1.807) is 12.3 Å². The maximum atomic E-state index is 10.5. The van der Waals surface area contributed by atoms with Crippen molar-refractivity contribution >= 4 is 12.1 Å². The Morgan fingerprint density at radius 3 is 2.47 bits per heavy atom. The third-order valence-corrected chi connectivity index (χ3v) is 2.76. The third-order valence-electron chi connectivity index (χ3n) is 2.76. The van der Waals surface area contributed by atoms with Crippen LogP contribution in [0.4, 0.5) is 5.82 Å². The van der Waals surface area contributed by atoms with E-state index in [-0.39, 0.29) is 0 Å². The van der Waals surface area contributed by atoms with Gasteiger partial charge in [-0.1, -0.05) is 13.8 Å². The number of nitrogens with zero attached hydrogens (tertiary/aromatic N) is 2. The van der Waals surface area contributed by atoms with Crippen molar-refractivity contribution in [3.63, 3.8) is 0 Å². The summed E-state index contributed by atoms with van der Waals surface area (Å²) in [6.45, 7) is 4.34. The molecule has 0 spiro atoms. The zero-order chi connectivity index (χ0) is 11.3. The second kappa shape index (κ2) is 5.49. The van der Waals surface area contributed by atoms with E-state index in [1.807, 2.05) is 13.1 Å². The van der Waals surface area contributed by atoms with E-state index >= 15 is 0 Å². The number of aldehydes is 1. The van der Waals surface area contributed by atoms with Crippen molar-refractivity contribution in [3.8, 4) is 0 Å². The van der Waals surface area contributed by atoms with Crippen LogP contribution in [0.1, 0.15) is 37.0 Å². The first-order valence-electron chi connectivity index (χ1n) is 5.37. The van der Waals surface area contributed by atoms with E-state index in [0.717, 1.165) is 24.9 Å². The van der Waals surface area contributed by atoms with Gasteiger partial charge in [0.25, 0.3) is 0 Å². The van der Waals surface area contributed by atoms with Gasteiger partial charge in [0.2, 0.25) is 0 Å². The van der Waals surface area contributed by atoms with Gasteiger partial charge in [-0.15, -0.1) is 0 Å². The molecule has 3 heteroatoms. The molecule has 15 heavy (non-hydrogen) atoms. The lowest BCUT2D eigenvalue weighted by molar-refractivity contribution is 0.112. The first kappa shape index (κ1) is 11.7.